The summed E-state index contributed by atoms with van der Waals surface area (Å²) < 4.78 is 25.7. The zero-order valence-corrected chi connectivity index (χ0v) is 20.7. The van der Waals surface area contributed by atoms with Crippen LogP contribution in [0.1, 0.15) is 60.5 Å². The predicted molar refractivity (Wildman–Crippen MR) is 133 cm³/mol. The van der Waals surface area contributed by atoms with Gasteiger partial charge in [-0.3, -0.25) is 9.69 Å². The van der Waals surface area contributed by atoms with Gasteiger partial charge in [0.25, 0.3) is 0 Å². The molecule has 4 rings (SSSR count). The van der Waals surface area contributed by atoms with Crippen molar-refractivity contribution < 1.29 is 23.8 Å². The van der Waals surface area contributed by atoms with E-state index < -0.39 is 17.8 Å². The van der Waals surface area contributed by atoms with Gasteiger partial charge in [0.1, 0.15) is 11.9 Å². The highest BCUT2D eigenvalue weighted by Crippen LogP contribution is 2.35. The van der Waals surface area contributed by atoms with Crippen LogP contribution in [0.15, 0.2) is 24.3 Å². The zero-order valence-electron chi connectivity index (χ0n) is 20.7. The number of carboxylic acids is 1. The summed E-state index contributed by atoms with van der Waals surface area (Å²) in [5.74, 6) is -0.507. The van der Waals surface area contributed by atoms with Crippen LogP contribution in [0.3, 0.4) is 0 Å². The highest BCUT2D eigenvalue weighted by atomic mass is 19.1. The molecule has 0 radical (unpaired) electrons. The normalized spacial score (nSPS) is 18.7. The number of fused-ring (bicyclic) bond motifs is 1. The van der Waals surface area contributed by atoms with E-state index in [1.807, 2.05) is 4.90 Å². The number of nitrogens with zero attached hydrogens (tertiary/aromatic N) is 2. The second kappa shape index (κ2) is 11.8. The summed E-state index contributed by atoms with van der Waals surface area (Å²) in [5.41, 5.74) is 3.46. The van der Waals surface area contributed by atoms with Crippen molar-refractivity contribution in [3.05, 3.63) is 52.5 Å². The number of carboxylic acid groups (broad SMARTS) is 1. The highest BCUT2D eigenvalue weighted by molar-refractivity contribution is 5.77. The first-order chi connectivity index (χ1) is 17.0. The molecule has 8 heteroatoms. The Labute approximate surface area is 206 Å². The first-order valence-electron chi connectivity index (χ1n) is 12.6. The van der Waals surface area contributed by atoms with Crippen molar-refractivity contribution in [2.45, 2.75) is 64.0 Å². The van der Waals surface area contributed by atoms with Crippen molar-refractivity contribution in [1.29, 1.82) is 0 Å². The summed E-state index contributed by atoms with van der Waals surface area (Å²) in [7, 11) is 1.37. The molecule has 2 aromatic rings. The summed E-state index contributed by atoms with van der Waals surface area (Å²) in [6, 6.07) is 6.43. The Bertz CT molecular complexity index is 1030. The van der Waals surface area contributed by atoms with Gasteiger partial charge in [0.15, 0.2) is 11.6 Å². The Morgan fingerprint density at radius 2 is 2.17 bits per heavy atom. The van der Waals surface area contributed by atoms with Gasteiger partial charge in [0, 0.05) is 37.5 Å². The van der Waals surface area contributed by atoms with Gasteiger partial charge in [-0.05, 0) is 74.8 Å². The fraction of sp³-hybridized carbons (Fsp3) is 0.556. The van der Waals surface area contributed by atoms with E-state index in [1.54, 1.807) is 13.0 Å². The Hall–Kier alpha value is -2.71. The van der Waals surface area contributed by atoms with Crippen LogP contribution in [0.4, 0.5) is 10.2 Å². The average molecular weight is 486 g/mol. The maximum absolute atomic E-state index is 14.4. The van der Waals surface area contributed by atoms with E-state index in [4.69, 9.17) is 14.5 Å². The molecule has 2 atom stereocenters. The van der Waals surface area contributed by atoms with Crippen molar-refractivity contribution in [3.63, 3.8) is 0 Å². The smallest absolute Gasteiger partial charge is 0.325 e. The molecule has 0 bridgehead atoms. The van der Waals surface area contributed by atoms with E-state index in [0.29, 0.717) is 30.8 Å². The molecular formula is C27H36FN3O4. The molecule has 0 amide bonds. The molecule has 2 aliphatic rings. The Morgan fingerprint density at radius 3 is 2.97 bits per heavy atom. The lowest BCUT2D eigenvalue weighted by Crippen LogP contribution is -2.34. The van der Waals surface area contributed by atoms with Crippen molar-refractivity contribution in [1.82, 2.24) is 9.88 Å². The lowest BCUT2D eigenvalue weighted by atomic mass is 10.0. The molecule has 35 heavy (non-hydrogen) atoms. The number of nitrogens with one attached hydrogen (secondary N) is 1. The van der Waals surface area contributed by atoms with Crippen LogP contribution in [0.5, 0.6) is 5.75 Å². The lowest BCUT2D eigenvalue weighted by Gasteiger charge is -2.26. The number of carbonyl (C=O) groups is 1. The number of hydrogen-bond acceptors (Lipinski definition) is 6. The van der Waals surface area contributed by atoms with Crippen molar-refractivity contribution in [2.24, 2.45) is 0 Å². The monoisotopic (exact) mass is 485 g/mol. The van der Waals surface area contributed by atoms with Crippen LogP contribution in [-0.4, -0.2) is 60.4 Å². The number of ether oxygens (including phenoxy) is 2. The summed E-state index contributed by atoms with van der Waals surface area (Å²) in [4.78, 5) is 18.7. The van der Waals surface area contributed by atoms with Gasteiger partial charge in [-0.15, -0.1) is 0 Å². The van der Waals surface area contributed by atoms with Gasteiger partial charge in [-0.2, -0.15) is 0 Å². The third kappa shape index (κ3) is 6.30. The van der Waals surface area contributed by atoms with Gasteiger partial charge in [0.05, 0.1) is 13.2 Å². The van der Waals surface area contributed by atoms with E-state index >= 15 is 0 Å². The first-order valence-corrected chi connectivity index (χ1v) is 12.6. The predicted octanol–water partition coefficient (Wildman–Crippen LogP) is 4.53. The standard InChI is InChI=1S/C27H36FN3O4/c1-18-15-22(25(34-2)23(28)16-18)24(27(32)33)31-13-11-21(17-31)35-14-5-3-4-8-20-10-9-19-7-6-12-29-26(19)30-20/h9-10,15-16,21,24H,3-8,11-14,17H2,1-2H3,(H,29,30)(H,32,33)/t21-,24?/m1/s1. The Balaban J connectivity index is 1.22. The fourth-order valence-electron chi connectivity index (χ4n) is 5.13. The molecule has 1 saturated heterocycles. The zero-order chi connectivity index (χ0) is 24.8. The number of aliphatic carboxylic acids is 1. The van der Waals surface area contributed by atoms with Gasteiger partial charge >= 0.3 is 5.97 Å². The third-order valence-corrected chi connectivity index (χ3v) is 6.87. The van der Waals surface area contributed by atoms with E-state index in [-0.39, 0.29) is 11.9 Å². The Morgan fingerprint density at radius 1 is 1.31 bits per heavy atom. The number of methoxy groups -OCH3 is 1. The second-order valence-electron chi connectivity index (χ2n) is 9.54. The maximum Gasteiger partial charge on any atom is 0.325 e. The topological polar surface area (TPSA) is 83.9 Å². The summed E-state index contributed by atoms with van der Waals surface area (Å²) in [5, 5.41) is 13.3. The minimum absolute atomic E-state index is 0.00318. The van der Waals surface area contributed by atoms with Crippen LogP contribution in [-0.2, 0) is 22.4 Å². The number of pyridine rings is 1. The van der Waals surface area contributed by atoms with Crippen LogP contribution in [0, 0.1) is 12.7 Å². The molecule has 1 aromatic heterocycles. The minimum atomic E-state index is -1.01. The molecule has 1 unspecified atom stereocenters. The number of aryl methyl sites for hydroxylation is 3. The van der Waals surface area contributed by atoms with Gasteiger partial charge < -0.3 is 19.9 Å². The first kappa shape index (κ1) is 25.4. The number of rotatable bonds is 11. The molecule has 0 aliphatic carbocycles. The molecule has 3 heterocycles. The SMILES string of the molecule is COc1c(F)cc(C)cc1C(C(=O)O)N1CC[C@@H](OCCCCCc2ccc3c(n2)NCCC3)C1. The minimum Gasteiger partial charge on any atom is -0.493 e. The number of benzene rings is 1. The molecule has 1 fully saturated rings. The van der Waals surface area contributed by atoms with Gasteiger partial charge in [0.2, 0.25) is 0 Å². The van der Waals surface area contributed by atoms with Crippen LogP contribution < -0.4 is 10.1 Å². The average Bonchev–Trinajstić information content (AvgIpc) is 3.29. The van der Waals surface area contributed by atoms with E-state index in [2.05, 4.69) is 17.4 Å². The van der Waals surface area contributed by atoms with Crippen molar-refractivity contribution >= 4 is 11.8 Å². The molecule has 2 N–H and O–H groups in total. The number of hydrogen-bond donors (Lipinski definition) is 2. The van der Waals surface area contributed by atoms with Crippen molar-refractivity contribution in [2.75, 3.05) is 38.7 Å². The largest absolute Gasteiger partial charge is 0.493 e. The maximum atomic E-state index is 14.4. The fourth-order valence-corrected chi connectivity index (χ4v) is 5.13. The molecule has 190 valence electrons. The van der Waals surface area contributed by atoms with Gasteiger partial charge in [-0.1, -0.05) is 12.5 Å². The number of aromatic nitrogens is 1. The van der Waals surface area contributed by atoms with Crippen LogP contribution >= 0.6 is 0 Å². The number of likely N-dealkylation sites (tertiary alicyclic amines) is 1. The Kier molecular flexibility index (Phi) is 8.57. The molecule has 2 aliphatic heterocycles. The van der Waals surface area contributed by atoms with Crippen LogP contribution in [0.25, 0.3) is 0 Å². The quantitative estimate of drug-likeness (QED) is 0.453. The lowest BCUT2D eigenvalue weighted by molar-refractivity contribution is -0.143. The van der Waals surface area contributed by atoms with Crippen LogP contribution in [0.2, 0.25) is 0 Å². The molecule has 0 saturated carbocycles. The highest BCUT2D eigenvalue weighted by Gasteiger charge is 2.36. The van der Waals surface area contributed by atoms with Crippen molar-refractivity contribution in [3.8, 4) is 5.75 Å². The number of halogens is 1. The van der Waals surface area contributed by atoms with E-state index in [9.17, 15) is 14.3 Å². The molecular weight excluding hydrogens is 449 g/mol. The summed E-state index contributed by atoms with van der Waals surface area (Å²) in [6.45, 7) is 4.49. The third-order valence-electron chi connectivity index (χ3n) is 6.87. The second-order valence-corrected chi connectivity index (χ2v) is 9.54. The summed E-state index contributed by atoms with van der Waals surface area (Å²) >= 11 is 0. The molecule has 0 spiro atoms. The summed E-state index contributed by atoms with van der Waals surface area (Å²) in [6.07, 6.45) is 7.04. The number of unbranched alkanes of at least 4 members (excludes halogenated alkanes) is 2. The molecule has 1 aromatic carbocycles. The van der Waals surface area contributed by atoms with Gasteiger partial charge in [-0.25, -0.2) is 9.37 Å². The van der Waals surface area contributed by atoms with E-state index in [0.717, 1.165) is 56.6 Å². The molecule has 7 nitrogen and oxygen atoms in total. The van der Waals surface area contributed by atoms with E-state index in [1.165, 1.54) is 25.2 Å². The number of anilines is 1.